The molecule has 1 saturated heterocycles. The van der Waals surface area contributed by atoms with Crippen molar-refractivity contribution in [3.8, 4) is 0 Å². The van der Waals surface area contributed by atoms with E-state index >= 15 is 0 Å². The average Bonchev–Trinajstić information content (AvgIpc) is 2.67. The summed E-state index contributed by atoms with van der Waals surface area (Å²) in [7, 11) is 1.78. The molecular formula is C23H37N5O. The van der Waals surface area contributed by atoms with Gasteiger partial charge in [-0.1, -0.05) is 26.7 Å². The first-order chi connectivity index (χ1) is 13.7. The lowest BCUT2D eigenvalue weighted by Crippen LogP contribution is -2.44. The minimum atomic E-state index is -0.577. The van der Waals surface area contributed by atoms with Gasteiger partial charge in [0.25, 0.3) is 0 Å². The molecule has 0 spiro atoms. The molecule has 0 aromatic heterocycles. The minimum Gasteiger partial charge on any atom is -0.390 e. The van der Waals surface area contributed by atoms with Crippen LogP contribution >= 0.6 is 0 Å². The zero-order valence-electron chi connectivity index (χ0n) is 18.5. The molecule has 4 N–H and O–H groups in total. The molecule has 0 radical (unpaired) electrons. The Labute approximate surface area is 175 Å². The number of nitrogens with one attached hydrogen (secondary N) is 3. The molecule has 1 heterocycles. The van der Waals surface area contributed by atoms with Crippen LogP contribution in [0.2, 0.25) is 0 Å². The summed E-state index contributed by atoms with van der Waals surface area (Å²) in [6, 6.07) is 0. The molecule has 0 atom stereocenters. The summed E-state index contributed by atoms with van der Waals surface area (Å²) in [6.07, 6.45) is 6.19. The van der Waals surface area contributed by atoms with E-state index in [1.54, 1.807) is 13.3 Å². The predicted molar refractivity (Wildman–Crippen MR) is 122 cm³/mol. The summed E-state index contributed by atoms with van der Waals surface area (Å²) in [5.74, 6) is 1.50. The predicted octanol–water partition coefficient (Wildman–Crippen LogP) is 3.49. The van der Waals surface area contributed by atoms with Crippen molar-refractivity contribution < 1.29 is 5.11 Å². The molecule has 0 bridgehead atoms. The van der Waals surface area contributed by atoms with Crippen molar-refractivity contribution in [3.05, 3.63) is 59.4 Å². The van der Waals surface area contributed by atoms with E-state index in [9.17, 15) is 5.11 Å². The number of aliphatic hydroxyl groups is 1. The fraction of sp³-hybridized carbons (Fsp3) is 0.522. The first-order valence-corrected chi connectivity index (χ1v) is 10.4. The maximum Gasteiger partial charge on any atom is 0.101 e. The second-order valence-corrected chi connectivity index (χ2v) is 8.10. The van der Waals surface area contributed by atoms with Gasteiger partial charge < -0.3 is 26.1 Å². The third-order valence-corrected chi connectivity index (χ3v) is 5.82. The number of hydrogen-bond acceptors (Lipinski definition) is 6. The fourth-order valence-electron chi connectivity index (χ4n) is 3.86. The quantitative estimate of drug-likeness (QED) is 0.353. The molecule has 0 aromatic carbocycles. The van der Waals surface area contributed by atoms with Crippen LogP contribution in [0, 0.1) is 0 Å². The van der Waals surface area contributed by atoms with Crippen molar-refractivity contribution in [2.24, 2.45) is 5.10 Å². The zero-order valence-corrected chi connectivity index (χ0v) is 18.5. The molecule has 0 unspecified atom stereocenters. The first kappa shape index (κ1) is 22.8. The van der Waals surface area contributed by atoms with Gasteiger partial charge in [0.05, 0.1) is 17.6 Å². The van der Waals surface area contributed by atoms with Gasteiger partial charge in [0.2, 0.25) is 0 Å². The van der Waals surface area contributed by atoms with Crippen LogP contribution in [0.4, 0.5) is 0 Å². The number of nitrogens with zero attached hydrogens (tertiary/aromatic N) is 2. The Morgan fingerprint density at radius 1 is 1.24 bits per heavy atom. The lowest BCUT2D eigenvalue weighted by atomic mass is 9.86. The highest BCUT2D eigenvalue weighted by Gasteiger charge is 2.28. The smallest absolute Gasteiger partial charge is 0.101 e. The van der Waals surface area contributed by atoms with Crippen molar-refractivity contribution >= 4 is 6.21 Å². The largest absolute Gasteiger partial charge is 0.390 e. The lowest BCUT2D eigenvalue weighted by Gasteiger charge is -2.38. The number of rotatable bonds is 9. The molecule has 2 rings (SSSR count). The molecule has 0 saturated carbocycles. The number of likely N-dealkylation sites (tertiary alicyclic amines) is 1. The molecule has 1 aliphatic heterocycles. The summed E-state index contributed by atoms with van der Waals surface area (Å²) in [5, 5.41) is 21.0. The maximum absolute atomic E-state index is 10.1. The van der Waals surface area contributed by atoms with Gasteiger partial charge in [-0.25, -0.2) is 0 Å². The molecule has 0 aromatic rings. The van der Waals surface area contributed by atoms with Crippen LogP contribution in [-0.2, 0) is 0 Å². The normalized spacial score (nSPS) is 19.4. The van der Waals surface area contributed by atoms with Crippen LogP contribution in [-0.4, -0.2) is 42.0 Å². The zero-order chi connectivity index (χ0) is 21.6. The van der Waals surface area contributed by atoms with Gasteiger partial charge in [-0.15, -0.1) is 0 Å². The summed E-state index contributed by atoms with van der Waals surface area (Å²) in [4.78, 5) is 2.16. The van der Waals surface area contributed by atoms with E-state index in [0.717, 1.165) is 62.3 Å². The molecule has 29 heavy (non-hydrogen) atoms. The molecule has 6 heteroatoms. The van der Waals surface area contributed by atoms with Crippen LogP contribution in [0.25, 0.3) is 0 Å². The monoisotopic (exact) mass is 399 g/mol. The standard InChI is InChI=1S/C23H37N5O/c1-8-20-9-10-21(16(2)15-25-24-7)17(3)22(20)27-18(4)26-19(5)28-13-11-23(6,29)12-14-28/h15,24,26-27,29H,2,4-5,8-14H2,1,3,6-7H3/b25-15-. The second kappa shape index (κ2) is 9.83. The second-order valence-electron chi connectivity index (χ2n) is 8.10. The van der Waals surface area contributed by atoms with Gasteiger partial charge in [-0.3, -0.25) is 0 Å². The highest BCUT2D eigenvalue weighted by atomic mass is 16.3. The Morgan fingerprint density at radius 3 is 2.48 bits per heavy atom. The number of allylic oxidation sites excluding steroid dienone is 4. The van der Waals surface area contributed by atoms with Crippen molar-refractivity contribution in [2.45, 2.75) is 58.5 Å². The van der Waals surface area contributed by atoms with E-state index < -0.39 is 5.60 Å². The van der Waals surface area contributed by atoms with Crippen LogP contribution in [0.3, 0.4) is 0 Å². The van der Waals surface area contributed by atoms with E-state index in [4.69, 9.17) is 0 Å². The van der Waals surface area contributed by atoms with Gasteiger partial charge in [0.15, 0.2) is 0 Å². The third kappa shape index (κ3) is 6.00. The fourth-order valence-corrected chi connectivity index (χ4v) is 3.86. The molecule has 1 fully saturated rings. The van der Waals surface area contributed by atoms with Gasteiger partial charge in [0, 0.05) is 25.8 Å². The summed E-state index contributed by atoms with van der Waals surface area (Å²) < 4.78 is 0. The first-order valence-electron chi connectivity index (χ1n) is 10.4. The van der Waals surface area contributed by atoms with E-state index in [1.165, 1.54) is 16.7 Å². The Hall–Kier alpha value is -2.47. The van der Waals surface area contributed by atoms with Crippen molar-refractivity contribution in [1.82, 2.24) is 21.0 Å². The van der Waals surface area contributed by atoms with Gasteiger partial charge >= 0.3 is 0 Å². The molecule has 160 valence electrons. The van der Waals surface area contributed by atoms with E-state index in [0.29, 0.717) is 5.82 Å². The van der Waals surface area contributed by atoms with Crippen LogP contribution < -0.4 is 16.1 Å². The molecule has 2 aliphatic rings. The summed E-state index contributed by atoms with van der Waals surface area (Å²) in [5.41, 5.74) is 8.02. The van der Waals surface area contributed by atoms with Crippen molar-refractivity contribution in [1.29, 1.82) is 0 Å². The number of piperidine rings is 1. The van der Waals surface area contributed by atoms with Crippen molar-refractivity contribution in [3.63, 3.8) is 0 Å². The van der Waals surface area contributed by atoms with E-state index in [-0.39, 0.29) is 0 Å². The number of hydrazone groups is 1. The molecule has 1 aliphatic carbocycles. The SMILES string of the molecule is C=C(NC(=C)N1CCC(C)(O)CC1)NC1=C(CC)CCC(C(=C)/C=N\NC)=C1C. The molecule has 0 amide bonds. The number of hydrogen-bond donors (Lipinski definition) is 4. The Bertz CT molecular complexity index is 747. The molecular weight excluding hydrogens is 362 g/mol. The highest BCUT2D eigenvalue weighted by Crippen LogP contribution is 2.33. The summed E-state index contributed by atoms with van der Waals surface area (Å²) in [6.45, 7) is 20.3. The van der Waals surface area contributed by atoms with Crippen LogP contribution in [0.1, 0.15) is 52.9 Å². The van der Waals surface area contributed by atoms with E-state index in [1.807, 2.05) is 6.92 Å². The lowest BCUT2D eigenvalue weighted by molar-refractivity contribution is 0.00175. The minimum absolute atomic E-state index is 0.577. The Kier molecular flexibility index (Phi) is 7.73. The van der Waals surface area contributed by atoms with Crippen LogP contribution in [0.15, 0.2) is 64.5 Å². The average molecular weight is 400 g/mol. The van der Waals surface area contributed by atoms with Gasteiger partial charge in [0.1, 0.15) is 5.82 Å². The highest BCUT2D eigenvalue weighted by molar-refractivity contribution is 5.84. The van der Waals surface area contributed by atoms with Gasteiger partial charge in [-0.05, 0) is 68.2 Å². The Balaban J connectivity index is 2.07. The Morgan fingerprint density at radius 2 is 1.90 bits per heavy atom. The third-order valence-electron chi connectivity index (χ3n) is 5.82. The maximum atomic E-state index is 10.1. The molecule has 6 nitrogen and oxygen atoms in total. The van der Waals surface area contributed by atoms with E-state index in [2.05, 4.69) is 59.6 Å². The summed E-state index contributed by atoms with van der Waals surface area (Å²) >= 11 is 0. The van der Waals surface area contributed by atoms with Gasteiger partial charge in [-0.2, -0.15) is 5.10 Å². The van der Waals surface area contributed by atoms with Crippen molar-refractivity contribution in [2.75, 3.05) is 20.1 Å². The van der Waals surface area contributed by atoms with Crippen LogP contribution in [0.5, 0.6) is 0 Å². The topological polar surface area (TPSA) is 71.9 Å².